The largest absolute Gasteiger partial charge is 0.422 e. The Labute approximate surface area is 184 Å². The zero-order valence-electron chi connectivity index (χ0n) is 16.8. The Kier molecular flexibility index (Phi) is 5.89. The van der Waals surface area contributed by atoms with Crippen LogP contribution in [-0.2, 0) is 0 Å². The van der Waals surface area contributed by atoms with Gasteiger partial charge in [-0.2, -0.15) is 4.98 Å². The third-order valence-electron chi connectivity index (χ3n) is 4.52. The number of carbonyl (C=O) groups is 2. The van der Waals surface area contributed by atoms with Gasteiger partial charge < -0.3 is 19.6 Å². The number of non-ortho nitro benzene ring substituents is 1. The first kappa shape index (κ1) is 21.4. The third kappa shape index (κ3) is 4.74. The van der Waals surface area contributed by atoms with Crippen molar-refractivity contribution in [2.45, 2.75) is 0 Å². The zero-order valence-corrected chi connectivity index (χ0v) is 16.8. The number of fused-ring (bicyclic) bond motifs is 1. The molecule has 2 aromatic carbocycles. The summed E-state index contributed by atoms with van der Waals surface area (Å²) < 4.78 is 10.0. The Hall–Kier alpha value is -4.87. The molecule has 0 bridgehead atoms. The number of hydrogen-bond donors (Lipinski definition) is 2. The Balaban J connectivity index is 1.33. The number of hydrogen-bond acceptors (Lipinski definition) is 9. The van der Waals surface area contributed by atoms with Crippen LogP contribution in [0.3, 0.4) is 0 Å². The van der Waals surface area contributed by atoms with E-state index in [9.17, 15) is 24.5 Å². The molecule has 0 radical (unpaired) electrons. The van der Waals surface area contributed by atoms with Gasteiger partial charge in [-0.3, -0.25) is 19.7 Å². The molecule has 12 heteroatoms. The molecule has 0 saturated heterocycles. The SMILES string of the molecule is O=C(NCCNC(=O)c1cc2ccccc2oc1=O)c1nc(-c2cccc([N+](=O)[O-])c2)no1. The van der Waals surface area contributed by atoms with Gasteiger partial charge in [0.05, 0.1) is 4.92 Å². The fourth-order valence-electron chi connectivity index (χ4n) is 2.93. The average molecular weight is 449 g/mol. The summed E-state index contributed by atoms with van der Waals surface area (Å²) >= 11 is 0. The molecule has 0 aliphatic heterocycles. The van der Waals surface area contributed by atoms with Gasteiger partial charge in [0.2, 0.25) is 5.82 Å². The monoisotopic (exact) mass is 449 g/mol. The smallest absolute Gasteiger partial charge is 0.349 e. The van der Waals surface area contributed by atoms with E-state index < -0.39 is 22.4 Å². The van der Waals surface area contributed by atoms with E-state index in [0.29, 0.717) is 16.5 Å². The number of amides is 2. The summed E-state index contributed by atoms with van der Waals surface area (Å²) in [5, 5.41) is 20.1. The lowest BCUT2D eigenvalue weighted by atomic mass is 10.2. The van der Waals surface area contributed by atoms with Gasteiger partial charge in [0.1, 0.15) is 11.1 Å². The summed E-state index contributed by atoms with van der Waals surface area (Å²) in [5.74, 6) is -1.67. The maximum absolute atomic E-state index is 12.3. The lowest BCUT2D eigenvalue weighted by molar-refractivity contribution is -0.384. The van der Waals surface area contributed by atoms with Crippen molar-refractivity contribution in [3.8, 4) is 11.4 Å². The van der Waals surface area contributed by atoms with Crippen LogP contribution in [0.5, 0.6) is 0 Å². The van der Waals surface area contributed by atoms with Gasteiger partial charge in [-0.05, 0) is 12.1 Å². The second-order valence-electron chi connectivity index (χ2n) is 6.73. The molecule has 2 N–H and O–H groups in total. The van der Waals surface area contributed by atoms with Crippen molar-refractivity contribution in [1.29, 1.82) is 0 Å². The fraction of sp³-hybridized carbons (Fsp3) is 0.0952. The van der Waals surface area contributed by atoms with Crippen LogP contribution in [0.2, 0.25) is 0 Å². The first-order chi connectivity index (χ1) is 15.9. The highest BCUT2D eigenvalue weighted by Crippen LogP contribution is 2.21. The first-order valence-corrected chi connectivity index (χ1v) is 9.60. The molecule has 2 heterocycles. The summed E-state index contributed by atoms with van der Waals surface area (Å²) in [6.07, 6.45) is 0. The minimum Gasteiger partial charge on any atom is -0.422 e. The number of nitro groups is 1. The molecule has 2 aromatic heterocycles. The lowest BCUT2D eigenvalue weighted by Crippen LogP contribution is -2.36. The van der Waals surface area contributed by atoms with Crippen LogP contribution in [0.1, 0.15) is 21.0 Å². The summed E-state index contributed by atoms with van der Waals surface area (Å²) in [6, 6.07) is 13.8. The second-order valence-corrected chi connectivity index (χ2v) is 6.73. The zero-order chi connectivity index (χ0) is 23.4. The van der Waals surface area contributed by atoms with E-state index in [4.69, 9.17) is 8.94 Å². The first-order valence-electron chi connectivity index (χ1n) is 9.60. The molecular weight excluding hydrogens is 434 g/mol. The van der Waals surface area contributed by atoms with Crippen LogP contribution >= 0.6 is 0 Å². The minimum atomic E-state index is -0.769. The van der Waals surface area contributed by atoms with E-state index >= 15 is 0 Å². The van der Waals surface area contributed by atoms with E-state index in [-0.39, 0.29) is 36.1 Å². The number of carbonyl (C=O) groups excluding carboxylic acids is 2. The molecule has 0 unspecified atom stereocenters. The predicted molar refractivity (Wildman–Crippen MR) is 114 cm³/mol. The van der Waals surface area contributed by atoms with E-state index in [2.05, 4.69) is 20.8 Å². The summed E-state index contributed by atoms with van der Waals surface area (Å²) in [4.78, 5) is 50.7. The topological polar surface area (TPSA) is 170 Å². The van der Waals surface area contributed by atoms with Crippen molar-refractivity contribution in [1.82, 2.24) is 20.8 Å². The van der Waals surface area contributed by atoms with Gasteiger partial charge >= 0.3 is 17.4 Å². The van der Waals surface area contributed by atoms with Crippen LogP contribution in [0.15, 0.2) is 68.3 Å². The summed E-state index contributed by atoms with van der Waals surface area (Å²) in [5.41, 5.74) is -0.392. The normalized spacial score (nSPS) is 10.7. The van der Waals surface area contributed by atoms with E-state index in [1.807, 2.05) is 0 Å². The Morgan fingerprint density at radius 3 is 2.55 bits per heavy atom. The molecule has 33 heavy (non-hydrogen) atoms. The Morgan fingerprint density at radius 1 is 1.00 bits per heavy atom. The molecule has 0 fully saturated rings. The van der Waals surface area contributed by atoms with Gasteiger partial charge in [-0.15, -0.1) is 0 Å². The van der Waals surface area contributed by atoms with E-state index in [0.717, 1.165) is 0 Å². The van der Waals surface area contributed by atoms with Gasteiger partial charge in [-0.1, -0.05) is 35.5 Å². The maximum Gasteiger partial charge on any atom is 0.349 e. The van der Waals surface area contributed by atoms with Crippen molar-refractivity contribution in [2.75, 3.05) is 13.1 Å². The number of benzene rings is 2. The van der Waals surface area contributed by atoms with Crippen LogP contribution < -0.4 is 16.3 Å². The van der Waals surface area contributed by atoms with Crippen molar-refractivity contribution >= 4 is 28.5 Å². The minimum absolute atomic E-state index is 0.0119. The molecule has 4 rings (SSSR count). The standard InChI is InChI=1S/C21H15N5O7/c27-18(15-11-12-4-1-2-7-16(12)32-21(15)29)22-8-9-23-19(28)20-24-17(25-33-20)13-5-3-6-14(10-13)26(30)31/h1-7,10-11H,8-9H2,(H,22,27)(H,23,28). The van der Waals surface area contributed by atoms with Crippen molar-refractivity contribution in [3.05, 3.63) is 86.6 Å². The highest BCUT2D eigenvalue weighted by Gasteiger charge is 2.18. The number of nitrogens with zero attached hydrogens (tertiary/aromatic N) is 3. The molecule has 2 amide bonds. The molecular formula is C21H15N5O7. The predicted octanol–water partition coefficient (Wildman–Crippen LogP) is 1.91. The highest BCUT2D eigenvalue weighted by molar-refractivity contribution is 5.96. The number of aromatic nitrogens is 2. The van der Waals surface area contributed by atoms with Crippen LogP contribution in [-0.4, -0.2) is 40.0 Å². The number of para-hydroxylation sites is 1. The molecule has 4 aromatic rings. The molecule has 166 valence electrons. The number of nitrogens with one attached hydrogen (secondary N) is 2. The third-order valence-corrected chi connectivity index (χ3v) is 4.52. The molecule has 0 atom stereocenters. The van der Waals surface area contributed by atoms with Crippen LogP contribution in [0.25, 0.3) is 22.4 Å². The van der Waals surface area contributed by atoms with E-state index in [1.54, 1.807) is 30.3 Å². The van der Waals surface area contributed by atoms with Gasteiger partial charge in [0.25, 0.3) is 11.6 Å². The second kappa shape index (κ2) is 9.09. The highest BCUT2D eigenvalue weighted by atomic mass is 16.6. The summed E-state index contributed by atoms with van der Waals surface area (Å²) in [7, 11) is 0. The summed E-state index contributed by atoms with van der Waals surface area (Å²) in [6.45, 7) is 0.0285. The van der Waals surface area contributed by atoms with Gasteiger partial charge in [0.15, 0.2) is 0 Å². The fourth-order valence-corrected chi connectivity index (χ4v) is 2.93. The number of rotatable bonds is 7. The number of nitro benzene ring substituents is 1. The Morgan fingerprint density at radius 2 is 1.76 bits per heavy atom. The lowest BCUT2D eigenvalue weighted by Gasteiger charge is -2.05. The quantitative estimate of drug-likeness (QED) is 0.185. The van der Waals surface area contributed by atoms with E-state index in [1.165, 1.54) is 24.3 Å². The van der Waals surface area contributed by atoms with Crippen molar-refractivity contribution in [3.63, 3.8) is 0 Å². The van der Waals surface area contributed by atoms with Gasteiger partial charge in [0, 0.05) is 36.2 Å². The van der Waals surface area contributed by atoms with Crippen molar-refractivity contribution in [2.24, 2.45) is 0 Å². The molecule has 0 saturated carbocycles. The van der Waals surface area contributed by atoms with Crippen LogP contribution in [0.4, 0.5) is 5.69 Å². The molecule has 0 aliphatic carbocycles. The Bertz CT molecular complexity index is 1430. The van der Waals surface area contributed by atoms with Gasteiger partial charge in [-0.25, -0.2) is 4.79 Å². The molecule has 0 aliphatic rings. The molecule has 12 nitrogen and oxygen atoms in total. The molecule has 0 spiro atoms. The van der Waals surface area contributed by atoms with Crippen LogP contribution in [0, 0.1) is 10.1 Å². The maximum atomic E-state index is 12.3. The van der Waals surface area contributed by atoms with Crippen molar-refractivity contribution < 1.29 is 23.5 Å². The average Bonchev–Trinajstić information content (AvgIpc) is 3.32.